The fourth-order valence-electron chi connectivity index (χ4n) is 2.40. The lowest BCUT2D eigenvalue weighted by molar-refractivity contribution is -0.125. The zero-order chi connectivity index (χ0) is 15.9. The van der Waals surface area contributed by atoms with E-state index in [1.807, 2.05) is 25.1 Å². The van der Waals surface area contributed by atoms with Crippen molar-refractivity contribution < 1.29 is 9.59 Å². The van der Waals surface area contributed by atoms with Gasteiger partial charge in [0.1, 0.15) is 0 Å². The van der Waals surface area contributed by atoms with E-state index in [4.69, 9.17) is 5.73 Å². The van der Waals surface area contributed by atoms with Crippen LogP contribution in [0.3, 0.4) is 0 Å². The Balaban J connectivity index is 0.00000441. The second-order valence-corrected chi connectivity index (χ2v) is 5.90. The van der Waals surface area contributed by atoms with Crippen molar-refractivity contribution in [1.29, 1.82) is 0 Å². The fourth-order valence-corrected chi connectivity index (χ4v) is 2.40. The predicted molar refractivity (Wildman–Crippen MR) is 91.0 cm³/mol. The Labute approximate surface area is 138 Å². The summed E-state index contributed by atoms with van der Waals surface area (Å²) in [5.41, 5.74) is 6.37. The van der Waals surface area contributed by atoms with Crippen molar-refractivity contribution in [1.82, 2.24) is 10.6 Å². The molecule has 22 heavy (non-hydrogen) atoms. The first-order valence-electron chi connectivity index (χ1n) is 7.17. The van der Waals surface area contributed by atoms with E-state index in [2.05, 4.69) is 36.6 Å². The van der Waals surface area contributed by atoms with E-state index in [0.29, 0.717) is 0 Å². The number of nitrogens with one attached hydrogen (secondary N) is 2. The fraction of sp³-hybridized carbons (Fsp3) is 0.500. The average molecular weight is 328 g/mol. The molecule has 0 radical (unpaired) electrons. The Bertz CT molecular complexity index is 478. The van der Waals surface area contributed by atoms with Gasteiger partial charge in [0.2, 0.25) is 11.8 Å². The van der Waals surface area contributed by atoms with E-state index in [1.165, 1.54) is 5.56 Å². The standard InChI is InChI=1S/C16H25N3O2.ClH/c1-12(19-15(21)11-18-14(20)10-17)9-16(2,3)13-7-5-4-6-8-13;/h4-8,12H,9-11,17H2,1-3H3,(H,18,20)(H,19,21);1H. The molecule has 0 aliphatic rings. The van der Waals surface area contributed by atoms with Gasteiger partial charge in [-0.05, 0) is 24.3 Å². The van der Waals surface area contributed by atoms with Crippen LogP contribution in [0.4, 0.5) is 0 Å². The molecule has 2 amide bonds. The van der Waals surface area contributed by atoms with Crippen LogP contribution >= 0.6 is 12.4 Å². The zero-order valence-corrected chi connectivity index (χ0v) is 14.2. The van der Waals surface area contributed by atoms with E-state index in [-0.39, 0.29) is 48.8 Å². The molecule has 0 saturated heterocycles. The van der Waals surface area contributed by atoms with Crippen molar-refractivity contribution in [2.24, 2.45) is 5.73 Å². The Morgan fingerprint density at radius 3 is 2.32 bits per heavy atom. The van der Waals surface area contributed by atoms with Gasteiger partial charge in [-0.3, -0.25) is 9.59 Å². The summed E-state index contributed by atoms with van der Waals surface area (Å²) in [6, 6.07) is 10.2. The van der Waals surface area contributed by atoms with E-state index in [9.17, 15) is 9.59 Å². The number of halogens is 1. The first kappa shape index (κ1) is 20.4. The van der Waals surface area contributed by atoms with Crippen LogP contribution in [0.2, 0.25) is 0 Å². The van der Waals surface area contributed by atoms with Crippen molar-refractivity contribution in [2.45, 2.75) is 38.6 Å². The van der Waals surface area contributed by atoms with Gasteiger partial charge in [0.15, 0.2) is 0 Å². The van der Waals surface area contributed by atoms with Crippen LogP contribution in [0.1, 0.15) is 32.8 Å². The summed E-state index contributed by atoms with van der Waals surface area (Å²) in [6.45, 7) is 6.13. The molecule has 0 bridgehead atoms. The molecular weight excluding hydrogens is 302 g/mol. The molecule has 124 valence electrons. The molecule has 1 rings (SSSR count). The van der Waals surface area contributed by atoms with Crippen molar-refractivity contribution >= 4 is 24.2 Å². The molecular formula is C16H26ClN3O2. The molecule has 1 aromatic carbocycles. The Kier molecular flexibility index (Phi) is 8.75. The highest BCUT2D eigenvalue weighted by Gasteiger charge is 2.23. The van der Waals surface area contributed by atoms with Gasteiger partial charge in [-0.1, -0.05) is 44.2 Å². The summed E-state index contributed by atoms with van der Waals surface area (Å²) in [5.74, 6) is -0.532. The van der Waals surface area contributed by atoms with Gasteiger partial charge in [-0.2, -0.15) is 0 Å². The Morgan fingerprint density at radius 2 is 1.77 bits per heavy atom. The van der Waals surface area contributed by atoms with Crippen LogP contribution in [-0.4, -0.2) is 30.9 Å². The maximum atomic E-state index is 11.7. The molecule has 0 heterocycles. The van der Waals surface area contributed by atoms with Crippen LogP contribution in [-0.2, 0) is 15.0 Å². The number of hydrogen-bond donors (Lipinski definition) is 3. The molecule has 1 atom stereocenters. The highest BCUT2D eigenvalue weighted by Crippen LogP contribution is 2.27. The lowest BCUT2D eigenvalue weighted by Gasteiger charge is -2.29. The van der Waals surface area contributed by atoms with Crippen LogP contribution in [0, 0.1) is 0 Å². The number of carbonyl (C=O) groups is 2. The minimum absolute atomic E-state index is 0. The highest BCUT2D eigenvalue weighted by molar-refractivity contribution is 5.85. The normalized spacial score (nSPS) is 12.0. The van der Waals surface area contributed by atoms with Crippen LogP contribution in [0.25, 0.3) is 0 Å². The van der Waals surface area contributed by atoms with Crippen molar-refractivity contribution in [3.63, 3.8) is 0 Å². The SMILES string of the molecule is CC(CC(C)(C)c1ccccc1)NC(=O)CNC(=O)CN.Cl. The molecule has 0 spiro atoms. The summed E-state index contributed by atoms with van der Waals surface area (Å²) in [4.78, 5) is 22.7. The molecule has 6 heteroatoms. The van der Waals surface area contributed by atoms with E-state index >= 15 is 0 Å². The van der Waals surface area contributed by atoms with Gasteiger partial charge < -0.3 is 16.4 Å². The molecule has 0 aromatic heterocycles. The third-order valence-corrected chi connectivity index (χ3v) is 3.41. The van der Waals surface area contributed by atoms with Gasteiger partial charge >= 0.3 is 0 Å². The average Bonchev–Trinajstić information content (AvgIpc) is 2.45. The highest BCUT2D eigenvalue weighted by atomic mass is 35.5. The molecule has 0 aliphatic carbocycles. The topological polar surface area (TPSA) is 84.2 Å². The van der Waals surface area contributed by atoms with Crippen molar-refractivity contribution in [3.05, 3.63) is 35.9 Å². The van der Waals surface area contributed by atoms with Crippen LogP contribution in [0.5, 0.6) is 0 Å². The molecule has 5 nitrogen and oxygen atoms in total. The Hall–Kier alpha value is -1.59. The van der Waals surface area contributed by atoms with Gasteiger partial charge in [0.25, 0.3) is 0 Å². The minimum Gasteiger partial charge on any atom is -0.352 e. The molecule has 4 N–H and O–H groups in total. The van der Waals surface area contributed by atoms with E-state index in [0.717, 1.165) is 6.42 Å². The zero-order valence-electron chi connectivity index (χ0n) is 13.4. The molecule has 1 unspecified atom stereocenters. The second kappa shape index (κ2) is 9.43. The molecule has 0 fully saturated rings. The summed E-state index contributed by atoms with van der Waals surface area (Å²) < 4.78 is 0. The third-order valence-electron chi connectivity index (χ3n) is 3.41. The first-order chi connectivity index (χ1) is 9.85. The smallest absolute Gasteiger partial charge is 0.239 e. The summed E-state index contributed by atoms with van der Waals surface area (Å²) in [7, 11) is 0. The van der Waals surface area contributed by atoms with Crippen LogP contribution in [0.15, 0.2) is 30.3 Å². The number of carbonyl (C=O) groups excluding carboxylic acids is 2. The monoisotopic (exact) mass is 327 g/mol. The quantitative estimate of drug-likeness (QED) is 0.707. The first-order valence-corrected chi connectivity index (χ1v) is 7.17. The summed E-state index contributed by atoms with van der Waals surface area (Å²) >= 11 is 0. The summed E-state index contributed by atoms with van der Waals surface area (Å²) in [6.07, 6.45) is 0.813. The van der Waals surface area contributed by atoms with Gasteiger partial charge in [-0.15, -0.1) is 12.4 Å². The maximum Gasteiger partial charge on any atom is 0.239 e. The van der Waals surface area contributed by atoms with Gasteiger partial charge in [-0.25, -0.2) is 0 Å². The Morgan fingerprint density at radius 1 is 1.18 bits per heavy atom. The lowest BCUT2D eigenvalue weighted by Crippen LogP contribution is -2.44. The molecule has 1 aromatic rings. The minimum atomic E-state index is -0.331. The third kappa shape index (κ3) is 6.91. The number of hydrogen-bond acceptors (Lipinski definition) is 3. The lowest BCUT2D eigenvalue weighted by atomic mass is 9.79. The molecule has 0 saturated carbocycles. The number of rotatable bonds is 7. The molecule has 0 aliphatic heterocycles. The van der Waals surface area contributed by atoms with Crippen molar-refractivity contribution in [2.75, 3.05) is 13.1 Å². The number of amides is 2. The summed E-state index contributed by atoms with van der Waals surface area (Å²) in [5, 5.41) is 5.35. The van der Waals surface area contributed by atoms with Crippen LogP contribution < -0.4 is 16.4 Å². The van der Waals surface area contributed by atoms with E-state index < -0.39 is 0 Å². The number of nitrogens with two attached hydrogens (primary N) is 1. The largest absolute Gasteiger partial charge is 0.352 e. The number of benzene rings is 1. The van der Waals surface area contributed by atoms with Gasteiger partial charge in [0.05, 0.1) is 13.1 Å². The van der Waals surface area contributed by atoms with E-state index in [1.54, 1.807) is 0 Å². The predicted octanol–water partition coefficient (Wildman–Crippen LogP) is 1.36. The second-order valence-electron chi connectivity index (χ2n) is 5.90. The van der Waals surface area contributed by atoms with Crippen molar-refractivity contribution in [3.8, 4) is 0 Å². The van der Waals surface area contributed by atoms with Gasteiger partial charge in [0, 0.05) is 6.04 Å². The maximum absolute atomic E-state index is 11.7.